The Kier molecular flexibility index (Phi) is 10.2. The standard InChI is InChI=1S/C23H28BrClN2O2S/c1-16(2)12-26-23(29)17(3)27(13-18-7-9-20(24)10-8-18)22(28)15-30-14-19-5-4-6-21(25)11-19/h4-11,16-17H,12-15H2,1-3H3,(H,26,29). The number of nitrogens with one attached hydrogen (secondary N) is 1. The van der Waals surface area contributed by atoms with Crippen molar-refractivity contribution < 1.29 is 9.59 Å². The molecule has 1 N–H and O–H groups in total. The van der Waals surface area contributed by atoms with Crippen molar-refractivity contribution in [1.29, 1.82) is 0 Å². The van der Waals surface area contributed by atoms with Gasteiger partial charge in [0, 0.05) is 28.3 Å². The van der Waals surface area contributed by atoms with E-state index in [1.54, 1.807) is 11.8 Å². The number of amides is 2. The van der Waals surface area contributed by atoms with Gasteiger partial charge >= 0.3 is 0 Å². The second kappa shape index (κ2) is 12.4. The summed E-state index contributed by atoms with van der Waals surface area (Å²) in [6.45, 7) is 6.85. The molecule has 0 radical (unpaired) electrons. The van der Waals surface area contributed by atoms with E-state index in [2.05, 4.69) is 21.2 Å². The van der Waals surface area contributed by atoms with Gasteiger partial charge in [-0.05, 0) is 48.2 Å². The Labute approximate surface area is 196 Å². The van der Waals surface area contributed by atoms with Crippen LogP contribution in [0.15, 0.2) is 53.0 Å². The maximum Gasteiger partial charge on any atom is 0.242 e. The van der Waals surface area contributed by atoms with Crippen LogP contribution in [-0.2, 0) is 21.9 Å². The largest absolute Gasteiger partial charge is 0.354 e. The van der Waals surface area contributed by atoms with Crippen LogP contribution in [0.3, 0.4) is 0 Å². The van der Waals surface area contributed by atoms with Crippen LogP contribution >= 0.6 is 39.3 Å². The predicted molar refractivity (Wildman–Crippen MR) is 130 cm³/mol. The minimum absolute atomic E-state index is 0.0582. The second-order valence-electron chi connectivity index (χ2n) is 7.59. The van der Waals surface area contributed by atoms with Crippen LogP contribution < -0.4 is 5.32 Å². The number of rotatable bonds is 10. The Morgan fingerprint density at radius 2 is 1.80 bits per heavy atom. The van der Waals surface area contributed by atoms with E-state index in [4.69, 9.17) is 11.6 Å². The molecule has 0 spiro atoms. The van der Waals surface area contributed by atoms with Gasteiger partial charge in [-0.1, -0.05) is 65.6 Å². The molecule has 0 heterocycles. The summed E-state index contributed by atoms with van der Waals surface area (Å²) in [5.74, 6) is 1.15. The van der Waals surface area contributed by atoms with Crippen LogP contribution in [0.2, 0.25) is 5.02 Å². The van der Waals surface area contributed by atoms with Crippen molar-refractivity contribution in [3.63, 3.8) is 0 Å². The maximum absolute atomic E-state index is 13.0. The SMILES string of the molecule is CC(C)CNC(=O)C(C)N(Cc1ccc(Br)cc1)C(=O)CSCc1cccc(Cl)c1. The lowest BCUT2D eigenvalue weighted by Crippen LogP contribution is -2.48. The fraction of sp³-hybridized carbons (Fsp3) is 0.391. The third kappa shape index (κ3) is 8.32. The Morgan fingerprint density at radius 3 is 2.43 bits per heavy atom. The molecule has 0 aliphatic heterocycles. The summed E-state index contributed by atoms with van der Waals surface area (Å²) in [7, 11) is 0. The molecule has 0 saturated carbocycles. The monoisotopic (exact) mass is 510 g/mol. The van der Waals surface area contributed by atoms with Crippen molar-refractivity contribution >= 4 is 51.1 Å². The fourth-order valence-electron chi connectivity index (χ4n) is 2.79. The topological polar surface area (TPSA) is 49.4 Å². The lowest BCUT2D eigenvalue weighted by molar-refractivity contribution is -0.138. The third-order valence-electron chi connectivity index (χ3n) is 4.50. The smallest absolute Gasteiger partial charge is 0.242 e. The van der Waals surface area contributed by atoms with E-state index < -0.39 is 6.04 Å². The lowest BCUT2D eigenvalue weighted by atomic mass is 10.1. The van der Waals surface area contributed by atoms with Crippen LogP contribution in [0.5, 0.6) is 0 Å². The normalized spacial score (nSPS) is 11.9. The maximum atomic E-state index is 13.0. The summed E-state index contributed by atoms with van der Waals surface area (Å²) in [6.07, 6.45) is 0. The summed E-state index contributed by atoms with van der Waals surface area (Å²) in [5, 5.41) is 3.63. The summed E-state index contributed by atoms with van der Waals surface area (Å²) in [4.78, 5) is 27.3. The van der Waals surface area contributed by atoms with Crippen molar-refractivity contribution in [2.24, 2.45) is 5.92 Å². The first-order valence-electron chi connectivity index (χ1n) is 9.90. The number of halogens is 2. The molecular formula is C23H28BrClN2O2S. The molecule has 2 aromatic rings. The van der Waals surface area contributed by atoms with E-state index in [0.29, 0.717) is 35.5 Å². The average Bonchev–Trinajstić information content (AvgIpc) is 2.71. The average molecular weight is 512 g/mol. The van der Waals surface area contributed by atoms with Gasteiger partial charge in [0.05, 0.1) is 5.75 Å². The van der Waals surface area contributed by atoms with Crippen molar-refractivity contribution in [3.8, 4) is 0 Å². The molecule has 1 atom stereocenters. The number of thioether (sulfide) groups is 1. The van der Waals surface area contributed by atoms with Crippen molar-refractivity contribution in [3.05, 3.63) is 69.2 Å². The van der Waals surface area contributed by atoms with Gasteiger partial charge in [-0.2, -0.15) is 0 Å². The number of hydrogen-bond acceptors (Lipinski definition) is 3. The molecule has 0 bridgehead atoms. The van der Waals surface area contributed by atoms with Crippen LogP contribution in [0.4, 0.5) is 0 Å². The van der Waals surface area contributed by atoms with Gasteiger partial charge in [-0.25, -0.2) is 0 Å². The number of carbonyl (C=O) groups excluding carboxylic acids is 2. The van der Waals surface area contributed by atoms with Gasteiger partial charge in [0.2, 0.25) is 11.8 Å². The zero-order valence-corrected chi connectivity index (χ0v) is 20.7. The minimum atomic E-state index is -0.549. The first-order valence-corrected chi connectivity index (χ1v) is 12.2. The zero-order valence-electron chi connectivity index (χ0n) is 17.5. The molecule has 30 heavy (non-hydrogen) atoms. The van der Waals surface area contributed by atoms with Crippen molar-refractivity contribution in [2.75, 3.05) is 12.3 Å². The summed E-state index contributed by atoms with van der Waals surface area (Å²) >= 11 is 11.0. The molecule has 4 nitrogen and oxygen atoms in total. The van der Waals surface area contributed by atoms with Crippen molar-refractivity contribution in [1.82, 2.24) is 10.2 Å². The molecule has 0 aliphatic carbocycles. The molecule has 7 heteroatoms. The Morgan fingerprint density at radius 1 is 1.10 bits per heavy atom. The molecule has 0 aromatic heterocycles. The van der Waals surface area contributed by atoms with E-state index in [1.807, 2.05) is 62.4 Å². The van der Waals surface area contributed by atoms with Gasteiger partial charge in [0.15, 0.2) is 0 Å². The predicted octanol–water partition coefficient (Wildman–Crippen LogP) is 5.53. The van der Waals surface area contributed by atoms with Gasteiger partial charge in [0.25, 0.3) is 0 Å². The van der Waals surface area contributed by atoms with Gasteiger partial charge in [-0.3, -0.25) is 9.59 Å². The fourth-order valence-corrected chi connectivity index (χ4v) is 4.12. The van der Waals surface area contributed by atoms with Crippen LogP contribution in [-0.4, -0.2) is 35.1 Å². The Balaban J connectivity index is 2.05. The van der Waals surface area contributed by atoms with E-state index in [1.165, 1.54) is 11.8 Å². The van der Waals surface area contributed by atoms with Crippen LogP contribution in [0.25, 0.3) is 0 Å². The molecule has 0 saturated heterocycles. The first kappa shape index (κ1) is 24.8. The highest BCUT2D eigenvalue weighted by atomic mass is 79.9. The summed E-state index contributed by atoms with van der Waals surface area (Å²) in [6, 6.07) is 14.9. The summed E-state index contributed by atoms with van der Waals surface area (Å²) in [5.41, 5.74) is 2.05. The Hall–Kier alpha value is -1.50. The van der Waals surface area contributed by atoms with Crippen molar-refractivity contribution in [2.45, 2.75) is 39.1 Å². The van der Waals surface area contributed by atoms with Crippen LogP contribution in [0.1, 0.15) is 31.9 Å². The number of nitrogens with zero attached hydrogens (tertiary/aromatic N) is 1. The highest BCUT2D eigenvalue weighted by molar-refractivity contribution is 9.10. The molecular weight excluding hydrogens is 484 g/mol. The molecule has 2 rings (SSSR count). The minimum Gasteiger partial charge on any atom is -0.354 e. The van der Waals surface area contributed by atoms with Gasteiger partial charge < -0.3 is 10.2 Å². The van der Waals surface area contributed by atoms with E-state index >= 15 is 0 Å². The second-order valence-corrected chi connectivity index (χ2v) is 9.92. The van der Waals surface area contributed by atoms with Gasteiger partial charge in [-0.15, -0.1) is 11.8 Å². The van der Waals surface area contributed by atoms with E-state index in [0.717, 1.165) is 15.6 Å². The number of benzene rings is 2. The Bertz CT molecular complexity index is 845. The molecule has 0 aliphatic rings. The van der Waals surface area contributed by atoms with Crippen LogP contribution in [0, 0.1) is 5.92 Å². The quantitative estimate of drug-likeness (QED) is 0.456. The molecule has 162 valence electrons. The molecule has 2 amide bonds. The molecule has 1 unspecified atom stereocenters. The first-order chi connectivity index (χ1) is 14.3. The molecule has 2 aromatic carbocycles. The number of hydrogen-bond donors (Lipinski definition) is 1. The highest BCUT2D eigenvalue weighted by Gasteiger charge is 2.26. The van der Waals surface area contributed by atoms with E-state index in [9.17, 15) is 9.59 Å². The molecule has 0 fully saturated rings. The van der Waals surface area contributed by atoms with Gasteiger partial charge in [0.1, 0.15) is 6.04 Å². The zero-order chi connectivity index (χ0) is 22.1. The highest BCUT2D eigenvalue weighted by Crippen LogP contribution is 2.19. The third-order valence-corrected chi connectivity index (χ3v) is 6.25. The van der Waals surface area contributed by atoms with E-state index in [-0.39, 0.29) is 11.8 Å². The summed E-state index contributed by atoms with van der Waals surface area (Å²) < 4.78 is 0.976. The number of carbonyl (C=O) groups is 2. The lowest BCUT2D eigenvalue weighted by Gasteiger charge is -2.29.